The Hall–Kier alpha value is -1.08. The summed E-state index contributed by atoms with van der Waals surface area (Å²) in [6.07, 6.45) is 21.3. The number of allylic oxidation sites excluding steroid dienone is 4. The minimum atomic E-state index is -0.166. The van der Waals surface area contributed by atoms with Crippen molar-refractivity contribution in [3.8, 4) is 0 Å². The van der Waals surface area contributed by atoms with E-state index in [9.17, 15) is 0 Å². The van der Waals surface area contributed by atoms with E-state index in [1.54, 1.807) is 0 Å². The molecular weight excluding hydrogens is 379 g/mol. The largest absolute Gasteiger partial charge is 0.205 e. The van der Waals surface area contributed by atoms with E-state index < -0.39 is 0 Å². The summed E-state index contributed by atoms with van der Waals surface area (Å²) in [4.78, 5) is 0. The predicted molar refractivity (Wildman–Crippen MR) is 125 cm³/mol. The molecule has 3 rings (SSSR count). The van der Waals surface area contributed by atoms with Gasteiger partial charge in [-0.25, -0.2) is 4.39 Å². The van der Waals surface area contributed by atoms with Crippen LogP contribution in [-0.4, -0.2) is 0 Å². The minimum absolute atomic E-state index is 0.166. The van der Waals surface area contributed by atoms with E-state index in [-0.39, 0.29) is 5.82 Å². The summed E-state index contributed by atoms with van der Waals surface area (Å²) in [6.45, 7) is 4.34. The van der Waals surface area contributed by atoms with Crippen molar-refractivity contribution in [1.82, 2.24) is 0 Å². The van der Waals surface area contributed by atoms with Gasteiger partial charge in [0.05, 0.1) is 5.02 Å². The lowest BCUT2D eigenvalue weighted by Crippen LogP contribution is -2.13. The van der Waals surface area contributed by atoms with Gasteiger partial charge in [-0.05, 0) is 86.3 Å². The Morgan fingerprint density at radius 2 is 1.86 bits per heavy atom. The molecule has 0 amide bonds. The molecule has 0 aliphatic heterocycles. The van der Waals surface area contributed by atoms with E-state index in [2.05, 4.69) is 38.1 Å². The van der Waals surface area contributed by atoms with Gasteiger partial charge in [0.1, 0.15) is 5.82 Å². The van der Waals surface area contributed by atoms with Crippen LogP contribution in [0.4, 0.5) is 4.39 Å². The summed E-state index contributed by atoms with van der Waals surface area (Å²) < 4.78 is 15.2. The van der Waals surface area contributed by atoms with E-state index in [4.69, 9.17) is 11.6 Å². The maximum atomic E-state index is 15.2. The van der Waals surface area contributed by atoms with E-state index in [1.807, 2.05) is 6.07 Å². The molecule has 2 aliphatic rings. The fraction of sp³-hybridized carbons (Fsp3) is 0.630. The molecule has 1 aromatic carbocycles. The lowest BCUT2D eigenvalue weighted by Gasteiger charge is -2.28. The first-order valence-electron chi connectivity index (χ1n) is 11.9. The van der Waals surface area contributed by atoms with Gasteiger partial charge < -0.3 is 0 Å². The molecule has 0 aromatic heterocycles. The van der Waals surface area contributed by atoms with Crippen LogP contribution in [0.15, 0.2) is 30.4 Å². The van der Waals surface area contributed by atoms with Crippen LogP contribution in [0.25, 0.3) is 5.57 Å². The second-order valence-corrected chi connectivity index (χ2v) is 9.56. The van der Waals surface area contributed by atoms with Crippen molar-refractivity contribution in [2.45, 2.75) is 96.8 Å². The van der Waals surface area contributed by atoms with Crippen molar-refractivity contribution in [2.75, 3.05) is 0 Å². The molecule has 160 valence electrons. The zero-order valence-corrected chi connectivity index (χ0v) is 19.1. The Kier molecular flexibility index (Phi) is 8.85. The summed E-state index contributed by atoms with van der Waals surface area (Å²) in [6, 6.07) is 4.11. The van der Waals surface area contributed by atoms with Crippen LogP contribution >= 0.6 is 11.6 Å². The topological polar surface area (TPSA) is 0 Å². The van der Waals surface area contributed by atoms with Crippen molar-refractivity contribution in [3.05, 3.63) is 52.3 Å². The Morgan fingerprint density at radius 1 is 1.07 bits per heavy atom. The number of halogens is 2. The van der Waals surface area contributed by atoms with Gasteiger partial charge in [0.25, 0.3) is 0 Å². The number of hydrogen-bond donors (Lipinski definition) is 0. The van der Waals surface area contributed by atoms with Gasteiger partial charge in [0.2, 0.25) is 0 Å². The van der Waals surface area contributed by atoms with E-state index in [0.717, 1.165) is 55.6 Å². The molecule has 0 N–H and O–H groups in total. The SMILES string of the molecule is CC=CC1CCC(c2ccc(C3=CCC(CCCCCC)CC3)c(Cl)c2F)CC1. The molecule has 2 aliphatic carbocycles. The summed E-state index contributed by atoms with van der Waals surface area (Å²) in [5.74, 6) is 1.61. The molecule has 0 spiro atoms. The summed E-state index contributed by atoms with van der Waals surface area (Å²) in [7, 11) is 0. The van der Waals surface area contributed by atoms with Gasteiger partial charge in [-0.3, -0.25) is 0 Å². The molecule has 0 radical (unpaired) electrons. The molecule has 2 heteroatoms. The van der Waals surface area contributed by atoms with Gasteiger partial charge in [-0.15, -0.1) is 0 Å². The van der Waals surface area contributed by atoms with E-state index in [0.29, 0.717) is 16.9 Å². The van der Waals surface area contributed by atoms with Gasteiger partial charge in [0, 0.05) is 0 Å². The Balaban J connectivity index is 1.62. The number of benzene rings is 1. The third-order valence-electron chi connectivity index (χ3n) is 7.12. The van der Waals surface area contributed by atoms with Crippen molar-refractivity contribution in [1.29, 1.82) is 0 Å². The average molecular weight is 417 g/mol. The fourth-order valence-corrected chi connectivity index (χ4v) is 5.57. The number of hydrogen-bond acceptors (Lipinski definition) is 0. The smallest absolute Gasteiger partial charge is 0.145 e. The maximum absolute atomic E-state index is 15.2. The van der Waals surface area contributed by atoms with Gasteiger partial charge >= 0.3 is 0 Å². The first-order chi connectivity index (χ1) is 14.1. The number of rotatable bonds is 8. The van der Waals surface area contributed by atoms with E-state index >= 15 is 4.39 Å². The molecule has 1 saturated carbocycles. The first kappa shape index (κ1) is 22.6. The van der Waals surface area contributed by atoms with Gasteiger partial charge in [-0.1, -0.05) is 81.0 Å². The van der Waals surface area contributed by atoms with E-state index in [1.165, 1.54) is 44.1 Å². The summed E-state index contributed by atoms with van der Waals surface area (Å²) >= 11 is 6.56. The fourth-order valence-electron chi connectivity index (χ4n) is 5.28. The van der Waals surface area contributed by atoms with Crippen molar-refractivity contribution >= 4 is 17.2 Å². The predicted octanol–water partition coefficient (Wildman–Crippen LogP) is 9.48. The molecule has 29 heavy (non-hydrogen) atoms. The zero-order chi connectivity index (χ0) is 20.6. The van der Waals surface area contributed by atoms with Crippen LogP contribution in [-0.2, 0) is 0 Å². The van der Waals surface area contributed by atoms with Gasteiger partial charge in [-0.2, -0.15) is 0 Å². The third-order valence-corrected chi connectivity index (χ3v) is 7.49. The average Bonchev–Trinajstić information content (AvgIpc) is 2.75. The van der Waals surface area contributed by atoms with Crippen LogP contribution in [0.3, 0.4) is 0 Å². The molecule has 0 saturated heterocycles. The normalized spacial score (nSPS) is 25.4. The quantitative estimate of drug-likeness (QED) is 0.292. The standard InChI is InChI=1S/C27H38ClF/c1-3-5-6-7-9-21-12-14-22(15-13-21)24-18-19-25(27(29)26(24)28)23-16-10-20(8-4-2)11-17-23/h4,8,14,18-21,23H,3,5-7,9-13,15-17H2,1-2H3. The molecule has 0 heterocycles. The third kappa shape index (κ3) is 5.97. The van der Waals surface area contributed by atoms with Crippen molar-refractivity contribution in [2.24, 2.45) is 11.8 Å². The molecule has 1 fully saturated rings. The number of unbranched alkanes of at least 4 members (excludes halogenated alkanes) is 3. The molecule has 1 atom stereocenters. The maximum Gasteiger partial charge on any atom is 0.145 e. The van der Waals surface area contributed by atoms with Crippen LogP contribution in [0.1, 0.15) is 108 Å². The highest BCUT2D eigenvalue weighted by Gasteiger charge is 2.26. The zero-order valence-electron chi connectivity index (χ0n) is 18.4. The van der Waals surface area contributed by atoms with Crippen LogP contribution in [0.5, 0.6) is 0 Å². The molecule has 1 aromatic rings. The second kappa shape index (κ2) is 11.3. The highest BCUT2D eigenvalue weighted by Crippen LogP contribution is 2.42. The molecule has 1 unspecified atom stereocenters. The summed E-state index contributed by atoms with van der Waals surface area (Å²) in [5.41, 5.74) is 3.02. The van der Waals surface area contributed by atoms with Crippen molar-refractivity contribution in [3.63, 3.8) is 0 Å². The van der Waals surface area contributed by atoms with Crippen LogP contribution < -0.4 is 0 Å². The van der Waals surface area contributed by atoms with Crippen LogP contribution in [0.2, 0.25) is 5.02 Å². The summed E-state index contributed by atoms with van der Waals surface area (Å²) in [5, 5.41) is 0.353. The van der Waals surface area contributed by atoms with Gasteiger partial charge in [0.15, 0.2) is 0 Å². The minimum Gasteiger partial charge on any atom is -0.205 e. The highest BCUT2D eigenvalue weighted by molar-refractivity contribution is 6.32. The lowest BCUT2D eigenvalue weighted by molar-refractivity contribution is 0.368. The Labute approximate surface area is 182 Å². The van der Waals surface area contributed by atoms with Crippen LogP contribution in [0, 0.1) is 17.7 Å². The molecular formula is C27H38ClF. The molecule has 0 nitrogen and oxygen atoms in total. The second-order valence-electron chi connectivity index (χ2n) is 9.19. The van der Waals surface area contributed by atoms with Crippen molar-refractivity contribution < 1.29 is 4.39 Å². The molecule has 0 bridgehead atoms. The monoisotopic (exact) mass is 416 g/mol. The highest BCUT2D eigenvalue weighted by atomic mass is 35.5. The first-order valence-corrected chi connectivity index (χ1v) is 12.3. The Bertz CT molecular complexity index is 709. The lowest BCUT2D eigenvalue weighted by atomic mass is 9.78. The Morgan fingerprint density at radius 3 is 2.52 bits per heavy atom.